The molecule has 2 aromatic rings. The largest absolute Gasteiger partial charge is 0.387 e. The summed E-state index contributed by atoms with van der Waals surface area (Å²) in [5, 5.41) is 16.3. The van der Waals surface area contributed by atoms with Gasteiger partial charge in [-0.05, 0) is 42.7 Å². The number of β-amino-alcohol motifs (C(OH)–C–C–N with tert-alkyl or cyclic N) is 1. The molecule has 3 unspecified atom stereocenters. The maximum Gasteiger partial charge on any atom is 0.0914 e. The van der Waals surface area contributed by atoms with Crippen LogP contribution in [0.5, 0.6) is 0 Å². The molecule has 0 amide bonds. The topological polar surface area (TPSA) is 41.5 Å². The zero-order chi connectivity index (χ0) is 14.9. The summed E-state index contributed by atoms with van der Waals surface area (Å²) in [6.07, 6.45) is 0.666. The Kier molecular flexibility index (Phi) is 3.98. The molecule has 0 radical (unpaired) electrons. The zero-order valence-corrected chi connectivity index (χ0v) is 12.7. The van der Waals surface area contributed by atoms with E-state index >= 15 is 0 Å². The molecule has 3 atom stereocenters. The van der Waals surface area contributed by atoms with E-state index in [4.69, 9.17) is 4.74 Å². The number of ether oxygens (including phenoxy) is 1. The van der Waals surface area contributed by atoms with Crippen LogP contribution in [-0.4, -0.2) is 29.9 Å². The fourth-order valence-electron chi connectivity index (χ4n) is 2.93. The lowest BCUT2D eigenvalue weighted by Gasteiger charge is -2.30. The van der Waals surface area contributed by atoms with Gasteiger partial charge in [0.05, 0.1) is 12.2 Å². The Morgan fingerprint density at radius 3 is 2.76 bits per heavy atom. The van der Waals surface area contributed by atoms with E-state index < -0.39 is 6.10 Å². The Hall–Kier alpha value is -1.42. The van der Waals surface area contributed by atoms with Crippen molar-refractivity contribution in [3.63, 3.8) is 0 Å². The van der Waals surface area contributed by atoms with Crippen molar-refractivity contribution in [2.45, 2.75) is 38.0 Å². The molecule has 0 spiro atoms. The van der Waals surface area contributed by atoms with E-state index in [2.05, 4.69) is 43.4 Å². The Morgan fingerprint density at radius 1 is 1.29 bits per heavy atom. The normalized spacial score (nSPS) is 27.1. The molecule has 1 aliphatic heterocycles. The molecule has 0 bridgehead atoms. The molecule has 0 aliphatic carbocycles. The monoisotopic (exact) mass is 285 g/mol. The van der Waals surface area contributed by atoms with Crippen molar-refractivity contribution >= 4 is 10.8 Å². The van der Waals surface area contributed by atoms with Gasteiger partial charge in [-0.1, -0.05) is 36.4 Å². The van der Waals surface area contributed by atoms with E-state index in [1.54, 1.807) is 0 Å². The van der Waals surface area contributed by atoms with E-state index in [1.807, 2.05) is 18.2 Å². The molecule has 2 aromatic carbocycles. The molecule has 3 rings (SSSR count). The van der Waals surface area contributed by atoms with Crippen LogP contribution < -0.4 is 5.32 Å². The number of benzene rings is 2. The van der Waals surface area contributed by atoms with Gasteiger partial charge in [0.2, 0.25) is 0 Å². The second-order valence-electron chi connectivity index (χ2n) is 6.18. The molecule has 1 fully saturated rings. The van der Waals surface area contributed by atoms with Crippen LogP contribution in [0.15, 0.2) is 42.5 Å². The number of rotatable bonds is 4. The Morgan fingerprint density at radius 2 is 2.05 bits per heavy atom. The summed E-state index contributed by atoms with van der Waals surface area (Å²) < 4.78 is 5.62. The summed E-state index contributed by atoms with van der Waals surface area (Å²) in [5.74, 6) is 0. The van der Waals surface area contributed by atoms with Crippen LogP contribution in [-0.2, 0) is 4.74 Å². The highest BCUT2D eigenvalue weighted by molar-refractivity contribution is 5.83. The van der Waals surface area contributed by atoms with Gasteiger partial charge in [0.15, 0.2) is 0 Å². The third-order valence-corrected chi connectivity index (χ3v) is 4.74. The van der Waals surface area contributed by atoms with Crippen LogP contribution in [0.25, 0.3) is 10.8 Å². The Balaban J connectivity index is 1.70. The molecular formula is C18H23NO2. The minimum Gasteiger partial charge on any atom is -0.387 e. The second-order valence-corrected chi connectivity index (χ2v) is 6.18. The molecule has 21 heavy (non-hydrogen) atoms. The summed E-state index contributed by atoms with van der Waals surface area (Å²) >= 11 is 0. The summed E-state index contributed by atoms with van der Waals surface area (Å²) in [4.78, 5) is 0. The van der Waals surface area contributed by atoms with Gasteiger partial charge in [-0.3, -0.25) is 0 Å². The van der Waals surface area contributed by atoms with Crippen LogP contribution >= 0.6 is 0 Å². The van der Waals surface area contributed by atoms with Gasteiger partial charge in [0.25, 0.3) is 0 Å². The van der Waals surface area contributed by atoms with Crippen molar-refractivity contribution in [3.05, 3.63) is 48.0 Å². The molecule has 3 heteroatoms. The highest BCUT2D eigenvalue weighted by atomic mass is 16.5. The minimum absolute atomic E-state index is 0.0438. The highest BCUT2D eigenvalue weighted by Crippen LogP contribution is 2.26. The fraction of sp³-hybridized carbons (Fsp3) is 0.444. The molecule has 0 saturated carbocycles. The molecule has 112 valence electrons. The number of nitrogens with one attached hydrogen (secondary N) is 1. The number of fused-ring (bicyclic) bond motifs is 1. The van der Waals surface area contributed by atoms with E-state index in [1.165, 1.54) is 5.39 Å². The highest BCUT2D eigenvalue weighted by Gasteiger charge is 2.36. The SMILES string of the molecule is CC1OCCC1(C)NCC(O)c1ccc2ccccc2c1. The first-order valence-corrected chi connectivity index (χ1v) is 7.62. The Labute approximate surface area is 125 Å². The van der Waals surface area contributed by atoms with Gasteiger partial charge in [-0.25, -0.2) is 0 Å². The quantitative estimate of drug-likeness (QED) is 0.907. The fourth-order valence-corrected chi connectivity index (χ4v) is 2.93. The van der Waals surface area contributed by atoms with Crippen molar-refractivity contribution in [2.75, 3.05) is 13.2 Å². The first-order chi connectivity index (χ1) is 10.1. The number of aliphatic hydroxyl groups is 1. The summed E-state index contributed by atoms with van der Waals surface area (Å²) in [5.41, 5.74) is 0.911. The smallest absolute Gasteiger partial charge is 0.0914 e. The first-order valence-electron chi connectivity index (χ1n) is 7.62. The summed E-state index contributed by atoms with van der Waals surface area (Å²) in [6, 6.07) is 14.4. The first kappa shape index (κ1) is 14.5. The van der Waals surface area contributed by atoms with Crippen molar-refractivity contribution in [1.29, 1.82) is 0 Å². The van der Waals surface area contributed by atoms with Gasteiger partial charge in [0, 0.05) is 18.7 Å². The maximum atomic E-state index is 10.4. The standard InChI is InChI=1S/C18H23NO2/c1-13-18(2,9-10-21-13)19-12-17(20)16-8-7-14-5-3-4-6-15(14)11-16/h3-8,11,13,17,19-20H,9-10,12H2,1-2H3. The lowest BCUT2D eigenvalue weighted by Crippen LogP contribution is -2.49. The zero-order valence-electron chi connectivity index (χ0n) is 12.7. The van der Waals surface area contributed by atoms with Gasteiger partial charge >= 0.3 is 0 Å². The average Bonchev–Trinajstić information content (AvgIpc) is 2.84. The van der Waals surface area contributed by atoms with Crippen molar-refractivity contribution in [2.24, 2.45) is 0 Å². The van der Waals surface area contributed by atoms with Crippen molar-refractivity contribution < 1.29 is 9.84 Å². The molecule has 1 saturated heterocycles. The van der Waals surface area contributed by atoms with Crippen LogP contribution in [0, 0.1) is 0 Å². The molecule has 0 aromatic heterocycles. The van der Waals surface area contributed by atoms with Crippen molar-refractivity contribution in [1.82, 2.24) is 5.32 Å². The number of aliphatic hydroxyl groups excluding tert-OH is 1. The van der Waals surface area contributed by atoms with Crippen molar-refractivity contribution in [3.8, 4) is 0 Å². The van der Waals surface area contributed by atoms with Gasteiger partial charge in [-0.15, -0.1) is 0 Å². The third-order valence-electron chi connectivity index (χ3n) is 4.74. The van der Waals surface area contributed by atoms with Gasteiger partial charge in [-0.2, -0.15) is 0 Å². The van der Waals surface area contributed by atoms with Gasteiger partial charge in [0.1, 0.15) is 0 Å². The lowest BCUT2D eigenvalue weighted by molar-refractivity contribution is 0.0800. The van der Waals surface area contributed by atoms with E-state index in [-0.39, 0.29) is 11.6 Å². The predicted molar refractivity (Wildman–Crippen MR) is 85.3 cm³/mol. The summed E-state index contributed by atoms with van der Waals surface area (Å²) in [7, 11) is 0. The number of hydrogen-bond acceptors (Lipinski definition) is 3. The molecule has 1 aliphatic rings. The predicted octanol–water partition coefficient (Wildman–Crippen LogP) is 3.03. The molecular weight excluding hydrogens is 262 g/mol. The van der Waals surface area contributed by atoms with E-state index in [9.17, 15) is 5.11 Å². The minimum atomic E-state index is -0.501. The van der Waals surface area contributed by atoms with Gasteiger partial charge < -0.3 is 15.2 Å². The molecule has 3 nitrogen and oxygen atoms in total. The van der Waals surface area contributed by atoms with Crippen LogP contribution in [0.3, 0.4) is 0 Å². The second kappa shape index (κ2) is 5.76. The lowest BCUT2D eigenvalue weighted by atomic mass is 9.94. The van der Waals surface area contributed by atoms with Crippen LogP contribution in [0.4, 0.5) is 0 Å². The van der Waals surface area contributed by atoms with E-state index in [0.717, 1.165) is 24.0 Å². The maximum absolute atomic E-state index is 10.4. The third kappa shape index (κ3) is 2.95. The Bertz CT molecular complexity index is 627. The summed E-state index contributed by atoms with van der Waals surface area (Å²) in [6.45, 7) is 5.58. The van der Waals surface area contributed by atoms with Crippen LogP contribution in [0.2, 0.25) is 0 Å². The number of hydrogen-bond donors (Lipinski definition) is 2. The average molecular weight is 285 g/mol. The molecule has 2 N–H and O–H groups in total. The molecule has 1 heterocycles. The van der Waals surface area contributed by atoms with Crippen LogP contribution in [0.1, 0.15) is 31.9 Å². The van der Waals surface area contributed by atoms with E-state index in [0.29, 0.717) is 6.54 Å².